The van der Waals surface area contributed by atoms with Crippen molar-refractivity contribution >= 4 is 17.8 Å². The lowest BCUT2D eigenvalue weighted by atomic mass is 10.0. The molecule has 174 valence electrons. The summed E-state index contributed by atoms with van der Waals surface area (Å²) in [5, 5.41) is 7.42. The highest BCUT2D eigenvalue weighted by molar-refractivity contribution is 5.62. The molecule has 0 saturated carbocycles. The Balaban J connectivity index is 1.45. The molecule has 1 aliphatic rings. The minimum atomic E-state index is -4.53. The van der Waals surface area contributed by atoms with E-state index in [0.29, 0.717) is 11.4 Å². The van der Waals surface area contributed by atoms with Crippen molar-refractivity contribution in [1.29, 1.82) is 0 Å². The molecule has 5 rings (SSSR count). The highest BCUT2D eigenvalue weighted by Gasteiger charge is 2.37. The van der Waals surface area contributed by atoms with Gasteiger partial charge < -0.3 is 19.4 Å². The number of aryl methyl sites for hydroxylation is 1. The predicted molar refractivity (Wildman–Crippen MR) is 118 cm³/mol. The van der Waals surface area contributed by atoms with Gasteiger partial charge in [0, 0.05) is 23.5 Å². The Morgan fingerprint density at radius 2 is 1.97 bits per heavy atom. The van der Waals surface area contributed by atoms with Gasteiger partial charge in [0.25, 0.3) is 0 Å². The average Bonchev–Trinajstić information content (AvgIpc) is 3.43. The smallest absolute Gasteiger partial charge is 0.416 e. The first-order chi connectivity index (χ1) is 16.3. The Labute approximate surface area is 192 Å². The quantitative estimate of drug-likeness (QED) is 0.440. The van der Waals surface area contributed by atoms with Crippen molar-refractivity contribution in [2.75, 3.05) is 12.4 Å². The Morgan fingerprint density at radius 1 is 1.15 bits per heavy atom. The van der Waals surface area contributed by atoms with Gasteiger partial charge in [-0.2, -0.15) is 18.2 Å². The lowest BCUT2D eigenvalue weighted by molar-refractivity contribution is -0.139. The van der Waals surface area contributed by atoms with Crippen LogP contribution in [0, 0.1) is 6.92 Å². The van der Waals surface area contributed by atoms with Gasteiger partial charge in [0.2, 0.25) is 5.95 Å². The van der Waals surface area contributed by atoms with Gasteiger partial charge >= 0.3 is 6.18 Å². The summed E-state index contributed by atoms with van der Waals surface area (Å²) in [5.41, 5.74) is 1.48. The molecule has 4 aromatic rings. The maximum Gasteiger partial charge on any atom is 0.416 e. The van der Waals surface area contributed by atoms with Gasteiger partial charge in [-0.05, 0) is 25.1 Å². The van der Waals surface area contributed by atoms with Crippen LogP contribution in [0.2, 0.25) is 0 Å². The van der Waals surface area contributed by atoms with Gasteiger partial charge in [-0.25, -0.2) is 9.67 Å². The maximum atomic E-state index is 13.6. The lowest BCUT2D eigenvalue weighted by Crippen LogP contribution is -2.18. The number of fused-ring (bicyclic) bond motifs is 1. The largest absolute Gasteiger partial charge is 0.494 e. The van der Waals surface area contributed by atoms with E-state index in [1.807, 2.05) is 29.8 Å². The fourth-order valence-electron chi connectivity index (χ4n) is 3.76. The summed E-state index contributed by atoms with van der Waals surface area (Å²) in [6, 6.07) is 10.7. The summed E-state index contributed by atoms with van der Waals surface area (Å²) in [7, 11) is 1.56. The molecule has 0 bridgehead atoms. The number of benzene rings is 2. The highest BCUT2D eigenvalue weighted by atomic mass is 19.4. The highest BCUT2D eigenvalue weighted by Crippen LogP contribution is 2.39. The zero-order chi connectivity index (χ0) is 23.9. The number of hydrogen-bond acceptors (Lipinski definition) is 6. The molecule has 0 fully saturated rings. The Kier molecular flexibility index (Phi) is 5.23. The fraction of sp³-hybridized carbons (Fsp3) is 0.174. The molecular weight excluding hydrogens is 449 g/mol. The van der Waals surface area contributed by atoms with Gasteiger partial charge in [-0.3, -0.25) is 0 Å². The third-order valence-corrected chi connectivity index (χ3v) is 5.28. The van der Waals surface area contributed by atoms with Crippen LogP contribution < -0.4 is 10.1 Å². The Morgan fingerprint density at radius 3 is 2.71 bits per heavy atom. The minimum Gasteiger partial charge on any atom is -0.494 e. The van der Waals surface area contributed by atoms with Gasteiger partial charge in [0.15, 0.2) is 11.9 Å². The number of hydrogen-bond donors (Lipinski definition) is 1. The number of halogens is 3. The molecule has 0 aliphatic carbocycles. The minimum absolute atomic E-state index is 0.0406. The van der Waals surface area contributed by atoms with E-state index in [4.69, 9.17) is 9.47 Å². The van der Waals surface area contributed by atoms with Gasteiger partial charge in [-0.1, -0.05) is 18.2 Å². The van der Waals surface area contributed by atoms with Gasteiger partial charge in [0.1, 0.15) is 12.0 Å². The number of nitrogens with zero attached hydrogens (tertiary/aromatic N) is 5. The number of imidazole rings is 1. The number of methoxy groups -OCH3 is 1. The molecule has 2 aromatic heterocycles. The number of aromatic nitrogens is 5. The molecule has 11 heteroatoms. The molecule has 0 amide bonds. The summed E-state index contributed by atoms with van der Waals surface area (Å²) in [5.74, 6) is 1.01. The third kappa shape index (κ3) is 3.96. The summed E-state index contributed by atoms with van der Waals surface area (Å²) in [4.78, 5) is 8.64. The molecule has 0 radical (unpaired) electrons. The number of ether oxygens (including phenoxy) is 2. The zero-order valence-corrected chi connectivity index (χ0v) is 18.1. The standard InChI is InChI=1S/C23H19F3N6O2/c1-14-12-31(13-27-14)18-8-7-15(11-19(18)33-2)28-22-29-21-20(34-10-9-32(21)30-22)16-5-3-4-6-17(16)23(24,25)26/h3-13,20H,1-2H3,(H,28,30). The summed E-state index contributed by atoms with van der Waals surface area (Å²) in [6.07, 6.45) is 0.767. The molecule has 1 unspecified atom stereocenters. The first kappa shape index (κ1) is 21.6. The second-order valence-corrected chi connectivity index (χ2v) is 7.56. The van der Waals surface area contributed by atoms with Crippen LogP contribution in [0.4, 0.5) is 24.8 Å². The summed E-state index contributed by atoms with van der Waals surface area (Å²) >= 11 is 0. The molecule has 34 heavy (non-hydrogen) atoms. The second kappa shape index (κ2) is 8.25. The van der Waals surface area contributed by atoms with Gasteiger partial charge in [0.05, 0.1) is 36.6 Å². The van der Waals surface area contributed by atoms with Crippen LogP contribution in [0.5, 0.6) is 5.75 Å². The van der Waals surface area contributed by atoms with E-state index in [1.165, 1.54) is 35.3 Å². The molecule has 2 aromatic carbocycles. The van der Waals surface area contributed by atoms with Crippen molar-refractivity contribution in [3.05, 3.63) is 83.9 Å². The van der Waals surface area contributed by atoms with Crippen LogP contribution in [0.15, 0.2) is 61.3 Å². The normalized spacial score (nSPS) is 15.0. The molecule has 8 nitrogen and oxygen atoms in total. The van der Waals surface area contributed by atoms with Crippen molar-refractivity contribution in [3.63, 3.8) is 0 Å². The SMILES string of the molecule is COc1cc(Nc2nc3n(n2)C=COC3c2ccccc2C(F)(F)F)ccc1-n1cnc(C)c1. The van der Waals surface area contributed by atoms with E-state index < -0.39 is 17.8 Å². The van der Waals surface area contributed by atoms with Crippen LogP contribution in [0.25, 0.3) is 11.9 Å². The summed E-state index contributed by atoms with van der Waals surface area (Å²) < 4.78 is 54.9. The molecule has 3 heterocycles. The number of nitrogens with one attached hydrogen (secondary N) is 1. The first-order valence-electron chi connectivity index (χ1n) is 10.2. The molecule has 0 spiro atoms. The molecule has 1 atom stereocenters. The van der Waals surface area contributed by atoms with E-state index >= 15 is 0 Å². The third-order valence-electron chi connectivity index (χ3n) is 5.28. The molecule has 1 N–H and O–H groups in total. The molecular formula is C23H19F3N6O2. The predicted octanol–water partition coefficient (Wildman–Crippen LogP) is 5.09. The molecule has 0 saturated heterocycles. The van der Waals surface area contributed by atoms with Crippen LogP contribution in [-0.4, -0.2) is 31.4 Å². The topological polar surface area (TPSA) is 79.0 Å². The van der Waals surface area contributed by atoms with E-state index in [-0.39, 0.29) is 17.3 Å². The van der Waals surface area contributed by atoms with E-state index in [9.17, 15) is 13.2 Å². The number of rotatable bonds is 5. The van der Waals surface area contributed by atoms with E-state index in [2.05, 4.69) is 20.4 Å². The van der Waals surface area contributed by atoms with Crippen molar-refractivity contribution < 1.29 is 22.6 Å². The van der Waals surface area contributed by atoms with E-state index in [1.54, 1.807) is 19.5 Å². The van der Waals surface area contributed by atoms with Crippen molar-refractivity contribution in [1.82, 2.24) is 24.3 Å². The number of anilines is 2. The average molecular weight is 468 g/mol. The molecule has 1 aliphatic heterocycles. The van der Waals surface area contributed by atoms with Gasteiger partial charge in [-0.15, -0.1) is 5.10 Å². The van der Waals surface area contributed by atoms with Crippen LogP contribution in [0.1, 0.15) is 28.7 Å². The fourth-order valence-corrected chi connectivity index (χ4v) is 3.76. The van der Waals surface area contributed by atoms with Crippen LogP contribution in [0.3, 0.4) is 0 Å². The van der Waals surface area contributed by atoms with Crippen LogP contribution in [-0.2, 0) is 10.9 Å². The maximum absolute atomic E-state index is 13.6. The Bertz CT molecular complexity index is 1380. The monoisotopic (exact) mass is 468 g/mol. The lowest BCUT2D eigenvalue weighted by Gasteiger charge is -2.22. The Hall–Kier alpha value is -4.28. The second-order valence-electron chi connectivity index (χ2n) is 7.56. The van der Waals surface area contributed by atoms with Crippen molar-refractivity contribution in [2.45, 2.75) is 19.2 Å². The van der Waals surface area contributed by atoms with Crippen molar-refractivity contribution in [2.24, 2.45) is 0 Å². The zero-order valence-electron chi connectivity index (χ0n) is 18.1. The first-order valence-corrected chi connectivity index (χ1v) is 10.2. The van der Waals surface area contributed by atoms with Crippen LogP contribution >= 0.6 is 0 Å². The summed E-state index contributed by atoms with van der Waals surface area (Å²) in [6.45, 7) is 1.89. The van der Waals surface area contributed by atoms with E-state index in [0.717, 1.165) is 17.4 Å². The number of alkyl halides is 3. The van der Waals surface area contributed by atoms with Crippen molar-refractivity contribution in [3.8, 4) is 11.4 Å².